The topological polar surface area (TPSA) is 35.2 Å². The smallest absolute Gasteiger partial charge is 0.137 e. The Morgan fingerprint density at radius 3 is 2.60 bits per heavy atom. The van der Waals surface area contributed by atoms with Crippen molar-refractivity contribution in [2.75, 3.05) is 12.4 Å². The van der Waals surface area contributed by atoms with Crippen LogP contribution in [-0.4, -0.2) is 17.3 Å². The van der Waals surface area contributed by atoms with Crippen LogP contribution in [0, 0.1) is 0 Å². The lowest BCUT2D eigenvalue weighted by Crippen LogP contribution is -2.09. The molecule has 0 atom stereocenters. The van der Waals surface area contributed by atoms with Crippen molar-refractivity contribution in [3.63, 3.8) is 0 Å². The van der Waals surface area contributed by atoms with Gasteiger partial charge in [-0.05, 0) is 30.3 Å². The Bertz CT molecular complexity index is 590. The zero-order chi connectivity index (χ0) is 14.4. The lowest BCUT2D eigenvalue weighted by atomic mass is 10.2. The summed E-state index contributed by atoms with van der Waals surface area (Å²) in [5.74, 6) is 1.51. The number of rotatable bonds is 6. The molecule has 0 radical (unpaired) electrons. The standard InChI is InChI=1S/C15H14ClNOS2/c16-13-10-11(15(17)19)6-7-14(13)18-8-9-20-12-4-2-1-3-5-12/h1-7,10H,8-9H2,(H2,17,19). The van der Waals surface area contributed by atoms with Gasteiger partial charge >= 0.3 is 0 Å². The minimum absolute atomic E-state index is 0.332. The van der Waals surface area contributed by atoms with Crippen LogP contribution in [0.4, 0.5) is 0 Å². The van der Waals surface area contributed by atoms with E-state index in [9.17, 15) is 0 Å². The highest BCUT2D eigenvalue weighted by molar-refractivity contribution is 7.99. The summed E-state index contributed by atoms with van der Waals surface area (Å²) in [5.41, 5.74) is 6.29. The Hall–Kier alpha value is -1.23. The predicted octanol–water partition coefficient (Wildman–Crippen LogP) is 4.15. The summed E-state index contributed by atoms with van der Waals surface area (Å²) in [7, 11) is 0. The second-order valence-corrected chi connectivity index (χ2v) is 6.03. The van der Waals surface area contributed by atoms with Crippen LogP contribution in [0.25, 0.3) is 0 Å². The van der Waals surface area contributed by atoms with Crippen LogP contribution in [0.1, 0.15) is 5.56 Å². The Kier molecular flexibility index (Phi) is 5.71. The van der Waals surface area contributed by atoms with E-state index < -0.39 is 0 Å². The molecule has 0 aliphatic heterocycles. The number of benzene rings is 2. The van der Waals surface area contributed by atoms with Crippen molar-refractivity contribution in [3.8, 4) is 5.75 Å². The highest BCUT2D eigenvalue weighted by atomic mass is 35.5. The maximum atomic E-state index is 6.12. The molecule has 0 heterocycles. The van der Waals surface area contributed by atoms with Gasteiger partial charge in [0.05, 0.1) is 11.6 Å². The summed E-state index contributed by atoms with van der Waals surface area (Å²) in [6.45, 7) is 0.589. The number of ether oxygens (including phenoxy) is 1. The van der Waals surface area contributed by atoms with Gasteiger partial charge in [-0.25, -0.2) is 0 Å². The average Bonchev–Trinajstić information content (AvgIpc) is 2.46. The second-order valence-electron chi connectivity index (χ2n) is 4.02. The number of thioether (sulfide) groups is 1. The molecule has 5 heteroatoms. The van der Waals surface area contributed by atoms with Crippen molar-refractivity contribution in [3.05, 3.63) is 59.1 Å². The fourth-order valence-corrected chi connectivity index (χ4v) is 2.71. The van der Waals surface area contributed by atoms with Crippen molar-refractivity contribution < 1.29 is 4.74 Å². The van der Waals surface area contributed by atoms with Crippen LogP contribution in [0.5, 0.6) is 5.75 Å². The van der Waals surface area contributed by atoms with E-state index in [-0.39, 0.29) is 0 Å². The fraction of sp³-hybridized carbons (Fsp3) is 0.133. The molecular formula is C15H14ClNOS2. The van der Waals surface area contributed by atoms with E-state index in [1.54, 1.807) is 23.9 Å². The van der Waals surface area contributed by atoms with E-state index >= 15 is 0 Å². The molecule has 0 spiro atoms. The fourth-order valence-electron chi connectivity index (χ4n) is 1.60. The van der Waals surface area contributed by atoms with E-state index in [1.807, 2.05) is 24.3 Å². The number of hydrogen-bond donors (Lipinski definition) is 1. The summed E-state index contributed by atoms with van der Waals surface area (Å²) in [6, 6.07) is 15.5. The van der Waals surface area contributed by atoms with E-state index in [4.69, 9.17) is 34.3 Å². The van der Waals surface area contributed by atoms with Crippen LogP contribution in [0.3, 0.4) is 0 Å². The third-order valence-corrected chi connectivity index (χ3v) is 4.08. The third-order valence-electron chi connectivity index (χ3n) is 2.57. The van der Waals surface area contributed by atoms with Gasteiger partial charge in [0.2, 0.25) is 0 Å². The van der Waals surface area contributed by atoms with Gasteiger partial charge in [-0.15, -0.1) is 11.8 Å². The van der Waals surface area contributed by atoms with Crippen LogP contribution < -0.4 is 10.5 Å². The molecule has 2 nitrogen and oxygen atoms in total. The van der Waals surface area contributed by atoms with Crippen molar-refractivity contribution in [1.82, 2.24) is 0 Å². The largest absolute Gasteiger partial charge is 0.491 e. The minimum atomic E-state index is 0.332. The van der Waals surface area contributed by atoms with Crippen molar-refractivity contribution in [1.29, 1.82) is 0 Å². The average molecular weight is 324 g/mol. The van der Waals surface area contributed by atoms with Gasteiger partial charge in [-0.1, -0.05) is 42.0 Å². The molecule has 0 saturated carbocycles. The van der Waals surface area contributed by atoms with E-state index in [0.29, 0.717) is 22.4 Å². The van der Waals surface area contributed by atoms with Crippen LogP contribution in [0.15, 0.2) is 53.4 Å². The molecule has 0 saturated heterocycles. The molecule has 2 aromatic carbocycles. The van der Waals surface area contributed by atoms with Gasteiger partial charge < -0.3 is 10.5 Å². The molecule has 0 amide bonds. The summed E-state index contributed by atoms with van der Waals surface area (Å²) in [6.07, 6.45) is 0. The van der Waals surface area contributed by atoms with Gasteiger partial charge in [-0.3, -0.25) is 0 Å². The Morgan fingerprint density at radius 1 is 1.20 bits per heavy atom. The molecular weight excluding hydrogens is 310 g/mol. The van der Waals surface area contributed by atoms with Crippen LogP contribution in [0.2, 0.25) is 5.02 Å². The number of hydrogen-bond acceptors (Lipinski definition) is 3. The van der Waals surface area contributed by atoms with Crippen molar-refractivity contribution in [2.24, 2.45) is 5.73 Å². The third kappa shape index (κ3) is 4.40. The Morgan fingerprint density at radius 2 is 1.95 bits per heavy atom. The summed E-state index contributed by atoms with van der Waals surface area (Å²) in [4.78, 5) is 1.56. The molecule has 104 valence electrons. The monoisotopic (exact) mass is 323 g/mol. The van der Waals surface area contributed by atoms with E-state index in [1.165, 1.54) is 4.90 Å². The zero-order valence-corrected chi connectivity index (χ0v) is 13.1. The first-order valence-corrected chi connectivity index (χ1v) is 7.84. The summed E-state index contributed by atoms with van der Waals surface area (Å²) in [5, 5.41) is 0.528. The van der Waals surface area contributed by atoms with Crippen molar-refractivity contribution in [2.45, 2.75) is 4.90 Å². The summed E-state index contributed by atoms with van der Waals surface area (Å²) >= 11 is 12.8. The Labute approximate surface area is 133 Å². The first kappa shape index (κ1) is 15.2. The van der Waals surface area contributed by atoms with Gasteiger partial charge in [-0.2, -0.15) is 0 Å². The normalized spacial score (nSPS) is 10.2. The lowest BCUT2D eigenvalue weighted by molar-refractivity contribution is 0.344. The molecule has 0 aliphatic carbocycles. The molecule has 20 heavy (non-hydrogen) atoms. The quantitative estimate of drug-likeness (QED) is 0.492. The molecule has 0 aromatic heterocycles. The zero-order valence-electron chi connectivity index (χ0n) is 10.7. The van der Waals surface area contributed by atoms with Gasteiger partial charge in [0, 0.05) is 16.2 Å². The Balaban J connectivity index is 1.84. The maximum Gasteiger partial charge on any atom is 0.137 e. The number of thiocarbonyl (C=S) groups is 1. The molecule has 0 unspecified atom stereocenters. The van der Waals surface area contributed by atoms with Crippen molar-refractivity contribution >= 4 is 40.6 Å². The van der Waals surface area contributed by atoms with E-state index in [0.717, 1.165) is 11.3 Å². The number of halogens is 1. The highest BCUT2D eigenvalue weighted by Gasteiger charge is 2.04. The highest BCUT2D eigenvalue weighted by Crippen LogP contribution is 2.26. The number of nitrogens with two attached hydrogens (primary N) is 1. The molecule has 2 rings (SSSR count). The summed E-state index contributed by atoms with van der Waals surface area (Å²) < 4.78 is 5.66. The van der Waals surface area contributed by atoms with Gasteiger partial charge in [0.15, 0.2) is 0 Å². The molecule has 0 aliphatic rings. The SMILES string of the molecule is NC(=S)c1ccc(OCCSc2ccccc2)c(Cl)c1. The lowest BCUT2D eigenvalue weighted by Gasteiger charge is -2.09. The first-order chi connectivity index (χ1) is 9.66. The molecule has 2 N–H and O–H groups in total. The van der Waals surface area contributed by atoms with Crippen LogP contribution >= 0.6 is 35.6 Å². The first-order valence-electron chi connectivity index (χ1n) is 6.07. The van der Waals surface area contributed by atoms with Crippen LogP contribution in [-0.2, 0) is 0 Å². The van der Waals surface area contributed by atoms with E-state index in [2.05, 4.69) is 12.1 Å². The minimum Gasteiger partial charge on any atom is -0.491 e. The second kappa shape index (κ2) is 7.53. The van der Waals surface area contributed by atoms with Gasteiger partial charge in [0.25, 0.3) is 0 Å². The van der Waals surface area contributed by atoms with Gasteiger partial charge in [0.1, 0.15) is 10.7 Å². The maximum absolute atomic E-state index is 6.12. The predicted molar refractivity (Wildman–Crippen MR) is 90.0 cm³/mol. The molecule has 0 fully saturated rings. The molecule has 2 aromatic rings. The molecule has 0 bridgehead atoms.